The van der Waals surface area contributed by atoms with E-state index in [0.717, 1.165) is 11.3 Å². The summed E-state index contributed by atoms with van der Waals surface area (Å²) >= 11 is 0. The van der Waals surface area contributed by atoms with E-state index in [4.69, 9.17) is 4.74 Å². The number of ether oxygens (including phenoxy) is 1. The second-order valence-corrected chi connectivity index (χ2v) is 4.77. The van der Waals surface area contributed by atoms with Gasteiger partial charge in [-0.1, -0.05) is 30.3 Å². The molecule has 0 spiro atoms. The first-order chi connectivity index (χ1) is 8.67. The summed E-state index contributed by atoms with van der Waals surface area (Å²) in [4.78, 5) is 4.32. The molecule has 0 fully saturated rings. The molecule has 2 unspecified atom stereocenters. The smallest absolute Gasteiger partial charge is 0.212 e. The number of aliphatic hydroxyl groups is 1. The second kappa shape index (κ2) is 4.10. The van der Waals surface area contributed by atoms with Gasteiger partial charge in [-0.3, -0.25) is 4.98 Å². The Morgan fingerprint density at radius 2 is 2.00 bits per heavy atom. The topological polar surface area (TPSA) is 42.4 Å². The summed E-state index contributed by atoms with van der Waals surface area (Å²) in [5.74, 6) is -0.618. The molecular weight excluding hydrogens is 226 g/mol. The van der Waals surface area contributed by atoms with Gasteiger partial charge in [-0.25, -0.2) is 0 Å². The number of aromatic nitrogens is 1. The van der Waals surface area contributed by atoms with Crippen LogP contribution in [0.3, 0.4) is 0 Å². The van der Waals surface area contributed by atoms with E-state index in [1.165, 1.54) is 0 Å². The van der Waals surface area contributed by atoms with Crippen molar-refractivity contribution in [3.63, 3.8) is 0 Å². The van der Waals surface area contributed by atoms with E-state index in [2.05, 4.69) is 4.98 Å². The second-order valence-electron chi connectivity index (χ2n) is 4.77. The van der Waals surface area contributed by atoms with Crippen LogP contribution in [0.5, 0.6) is 5.75 Å². The molecule has 3 nitrogen and oxygen atoms in total. The summed E-state index contributed by atoms with van der Waals surface area (Å²) < 4.78 is 5.68. The molecule has 1 aliphatic heterocycles. The Morgan fingerprint density at radius 3 is 2.78 bits per heavy atom. The van der Waals surface area contributed by atoms with E-state index < -0.39 is 5.79 Å². The van der Waals surface area contributed by atoms with Crippen LogP contribution in [0, 0.1) is 0 Å². The molecule has 2 aromatic rings. The van der Waals surface area contributed by atoms with Gasteiger partial charge in [0.25, 0.3) is 0 Å². The quantitative estimate of drug-likeness (QED) is 0.834. The van der Waals surface area contributed by atoms with Crippen molar-refractivity contribution >= 4 is 0 Å². The SMILES string of the molecule is CC1(O)Oc2cccnc2CC1c1ccccc1. The van der Waals surface area contributed by atoms with E-state index in [9.17, 15) is 5.11 Å². The van der Waals surface area contributed by atoms with Crippen LogP contribution in [0.25, 0.3) is 0 Å². The average molecular weight is 241 g/mol. The van der Waals surface area contributed by atoms with Gasteiger partial charge in [0, 0.05) is 19.5 Å². The monoisotopic (exact) mass is 241 g/mol. The number of benzene rings is 1. The Balaban J connectivity index is 2.02. The molecule has 2 atom stereocenters. The van der Waals surface area contributed by atoms with Crippen LogP contribution >= 0.6 is 0 Å². The molecule has 92 valence electrons. The van der Waals surface area contributed by atoms with Crippen molar-refractivity contribution in [2.45, 2.75) is 25.0 Å². The van der Waals surface area contributed by atoms with Gasteiger partial charge in [-0.05, 0) is 17.7 Å². The minimum absolute atomic E-state index is 0.0962. The van der Waals surface area contributed by atoms with Gasteiger partial charge in [0.05, 0.1) is 11.6 Å². The van der Waals surface area contributed by atoms with E-state index in [0.29, 0.717) is 12.2 Å². The Hall–Kier alpha value is -1.87. The highest BCUT2D eigenvalue weighted by Crippen LogP contribution is 2.39. The first-order valence-corrected chi connectivity index (χ1v) is 6.07. The molecule has 1 N–H and O–H groups in total. The summed E-state index contributed by atoms with van der Waals surface area (Å²) in [5, 5.41) is 10.5. The molecule has 3 heteroatoms. The lowest BCUT2D eigenvalue weighted by Crippen LogP contribution is -2.43. The van der Waals surface area contributed by atoms with Gasteiger partial charge in [0.15, 0.2) is 0 Å². The van der Waals surface area contributed by atoms with Crippen molar-refractivity contribution in [2.75, 3.05) is 0 Å². The van der Waals surface area contributed by atoms with Crippen molar-refractivity contribution in [2.24, 2.45) is 0 Å². The maximum absolute atomic E-state index is 10.5. The first kappa shape index (κ1) is 11.2. The molecule has 0 amide bonds. The van der Waals surface area contributed by atoms with Gasteiger partial charge in [-0.15, -0.1) is 0 Å². The van der Waals surface area contributed by atoms with Crippen molar-refractivity contribution in [3.05, 3.63) is 59.9 Å². The van der Waals surface area contributed by atoms with Gasteiger partial charge in [-0.2, -0.15) is 0 Å². The van der Waals surface area contributed by atoms with Crippen LogP contribution in [-0.4, -0.2) is 15.9 Å². The summed E-state index contributed by atoms with van der Waals surface area (Å²) in [6.45, 7) is 1.71. The highest BCUT2D eigenvalue weighted by atomic mass is 16.6. The van der Waals surface area contributed by atoms with Crippen molar-refractivity contribution in [1.29, 1.82) is 0 Å². The maximum Gasteiger partial charge on any atom is 0.212 e. The molecular formula is C15H15NO2. The van der Waals surface area contributed by atoms with E-state index in [1.54, 1.807) is 13.1 Å². The molecule has 3 rings (SSSR count). The zero-order valence-electron chi connectivity index (χ0n) is 10.2. The summed E-state index contributed by atoms with van der Waals surface area (Å²) in [6, 6.07) is 13.6. The molecule has 1 aromatic heterocycles. The minimum atomic E-state index is -1.20. The molecule has 2 heterocycles. The van der Waals surface area contributed by atoms with E-state index in [-0.39, 0.29) is 5.92 Å². The number of fused-ring (bicyclic) bond motifs is 1. The summed E-state index contributed by atoms with van der Waals surface area (Å²) in [7, 11) is 0. The Kier molecular flexibility index (Phi) is 2.56. The van der Waals surface area contributed by atoms with Crippen LogP contribution in [-0.2, 0) is 6.42 Å². The molecule has 1 aromatic carbocycles. The van der Waals surface area contributed by atoms with Gasteiger partial charge in [0.2, 0.25) is 5.79 Å². The number of rotatable bonds is 1. The van der Waals surface area contributed by atoms with Crippen LogP contribution in [0.2, 0.25) is 0 Å². The number of hydrogen-bond acceptors (Lipinski definition) is 3. The highest BCUT2D eigenvalue weighted by Gasteiger charge is 2.40. The molecule has 0 saturated carbocycles. The summed E-state index contributed by atoms with van der Waals surface area (Å²) in [6.07, 6.45) is 2.44. The lowest BCUT2D eigenvalue weighted by atomic mass is 9.85. The third kappa shape index (κ3) is 1.87. The molecule has 1 aliphatic rings. The van der Waals surface area contributed by atoms with Gasteiger partial charge in [0.1, 0.15) is 5.75 Å². The Morgan fingerprint density at radius 1 is 1.22 bits per heavy atom. The third-order valence-corrected chi connectivity index (χ3v) is 3.41. The van der Waals surface area contributed by atoms with E-state index in [1.807, 2.05) is 42.5 Å². The van der Waals surface area contributed by atoms with Crippen LogP contribution in [0.15, 0.2) is 48.7 Å². The fraction of sp³-hybridized carbons (Fsp3) is 0.267. The zero-order chi connectivity index (χ0) is 12.6. The molecule has 0 aliphatic carbocycles. The largest absolute Gasteiger partial charge is 0.460 e. The van der Waals surface area contributed by atoms with Gasteiger partial charge >= 0.3 is 0 Å². The first-order valence-electron chi connectivity index (χ1n) is 6.07. The molecule has 0 radical (unpaired) electrons. The normalized spacial score (nSPS) is 26.2. The standard InChI is InChI=1S/C15H15NO2/c1-15(17)12(11-6-3-2-4-7-11)10-13-14(18-15)8-5-9-16-13/h2-9,12,17H,10H2,1H3. The summed E-state index contributed by atoms with van der Waals surface area (Å²) in [5.41, 5.74) is 1.97. The highest BCUT2D eigenvalue weighted by molar-refractivity contribution is 5.35. The lowest BCUT2D eigenvalue weighted by Gasteiger charge is -2.38. The van der Waals surface area contributed by atoms with Crippen LogP contribution < -0.4 is 4.74 Å². The van der Waals surface area contributed by atoms with Crippen molar-refractivity contribution in [3.8, 4) is 5.75 Å². The zero-order valence-corrected chi connectivity index (χ0v) is 10.2. The third-order valence-electron chi connectivity index (χ3n) is 3.41. The number of pyridine rings is 1. The van der Waals surface area contributed by atoms with Crippen molar-refractivity contribution < 1.29 is 9.84 Å². The lowest BCUT2D eigenvalue weighted by molar-refractivity contribution is -0.149. The molecule has 0 bridgehead atoms. The fourth-order valence-electron chi connectivity index (χ4n) is 2.46. The average Bonchev–Trinajstić information content (AvgIpc) is 2.38. The van der Waals surface area contributed by atoms with Crippen molar-refractivity contribution in [1.82, 2.24) is 4.98 Å². The Bertz CT molecular complexity index is 551. The van der Waals surface area contributed by atoms with Crippen LogP contribution in [0.4, 0.5) is 0 Å². The molecule has 0 saturated heterocycles. The van der Waals surface area contributed by atoms with E-state index >= 15 is 0 Å². The number of nitrogens with zero attached hydrogens (tertiary/aromatic N) is 1. The maximum atomic E-state index is 10.5. The fourth-order valence-corrected chi connectivity index (χ4v) is 2.46. The van der Waals surface area contributed by atoms with Gasteiger partial charge < -0.3 is 9.84 Å². The predicted octanol–water partition coefficient (Wildman–Crippen LogP) is 2.51. The minimum Gasteiger partial charge on any atom is -0.460 e. The molecule has 18 heavy (non-hydrogen) atoms. The van der Waals surface area contributed by atoms with Crippen LogP contribution in [0.1, 0.15) is 24.1 Å². The predicted molar refractivity (Wildman–Crippen MR) is 68.4 cm³/mol. The number of hydrogen-bond donors (Lipinski definition) is 1. The Labute approximate surface area is 106 Å².